The molecule has 0 bridgehead atoms. The third-order valence-corrected chi connectivity index (χ3v) is 19.7. The molecular weight excluding hydrogens is 980 g/mol. The lowest BCUT2D eigenvalue weighted by Gasteiger charge is -2.39. The SMILES string of the molecule is COc1ccc(C(OC[C@H]2O[C@@H](n3cnc4c(N)ncnc43)C[C@@H]2OP(C)OC[C@H]2O[C@@H](n3ccc(NC(=O)c4ccccc4)nc3=O)C[C@@H]2O[Si](C)(C)C(C)(C)C)(c2ccccc2)c2ccc(OC)cc2)cc1. The van der Waals surface area contributed by atoms with Crippen molar-refractivity contribution < 1.29 is 42.0 Å². The van der Waals surface area contributed by atoms with Gasteiger partial charge in [0.2, 0.25) is 0 Å². The lowest BCUT2D eigenvalue weighted by Crippen LogP contribution is -2.46. The number of nitrogen functional groups attached to an aromatic ring is 1. The van der Waals surface area contributed by atoms with Crippen molar-refractivity contribution in [1.29, 1.82) is 0 Å². The van der Waals surface area contributed by atoms with Crippen LogP contribution in [0.15, 0.2) is 139 Å². The molecule has 7 aromatic rings. The Hall–Kier alpha value is -6.41. The number of amides is 1. The van der Waals surface area contributed by atoms with Crippen molar-refractivity contribution in [3.05, 3.63) is 167 Å². The van der Waals surface area contributed by atoms with Gasteiger partial charge in [-0.25, -0.2) is 19.7 Å². The van der Waals surface area contributed by atoms with Crippen LogP contribution < -0.4 is 26.2 Å². The predicted octanol–water partition coefficient (Wildman–Crippen LogP) is 9.25. The topological polar surface area (TPSA) is 207 Å². The number of fused-ring (bicyclic) bond motifs is 1. The molecule has 388 valence electrons. The van der Waals surface area contributed by atoms with Crippen LogP contribution in [-0.4, -0.2) is 102 Å². The highest BCUT2D eigenvalue weighted by molar-refractivity contribution is 7.46. The van der Waals surface area contributed by atoms with E-state index in [1.807, 2.05) is 96.2 Å². The quantitative estimate of drug-likeness (QED) is 0.0440. The summed E-state index contributed by atoms with van der Waals surface area (Å²) in [6.45, 7) is 13.0. The molecule has 2 aliphatic heterocycles. The van der Waals surface area contributed by atoms with Gasteiger partial charge in [-0.05, 0) is 77.3 Å². The normalized spacial score (nSPS) is 20.6. The molecule has 0 radical (unpaired) electrons. The van der Waals surface area contributed by atoms with Crippen molar-refractivity contribution in [3.8, 4) is 11.5 Å². The van der Waals surface area contributed by atoms with Crippen LogP contribution in [-0.2, 0) is 33.3 Å². The zero-order valence-electron chi connectivity index (χ0n) is 42.8. The van der Waals surface area contributed by atoms with Gasteiger partial charge in [-0.15, -0.1) is 0 Å². The maximum absolute atomic E-state index is 13.6. The van der Waals surface area contributed by atoms with Gasteiger partial charge in [0.25, 0.3) is 5.91 Å². The Kier molecular flexibility index (Phi) is 15.7. The van der Waals surface area contributed by atoms with Crippen molar-refractivity contribution in [2.24, 2.45) is 0 Å². The highest BCUT2D eigenvalue weighted by Crippen LogP contribution is 2.47. The van der Waals surface area contributed by atoms with Crippen LogP contribution in [0.1, 0.15) is 73.1 Å². The van der Waals surface area contributed by atoms with Crippen LogP contribution in [0.3, 0.4) is 0 Å². The van der Waals surface area contributed by atoms with Crippen LogP contribution in [0.4, 0.5) is 11.6 Å². The molecule has 7 atom stereocenters. The fraction of sp³-hybridized carbons (Fsp3) is 0.370. The van der Waals surface area contributed by atoms with E-state index in [0.717, 1.165) is 16.7 Å². The largest absolute Gasteiger partial charge is 0.497 e. The molecule has 3 N–H and O–H groups in total. The standard InChI is InChI=1S/C54H63N8O10PSi/c1-53(2,3)74(7,8)72-42-30-46(61-28-27-45(60-52(61)64)59-51(63)35-15-11-9-12-16-35)70-44(42)32-68-73(6)71-41-29-47(62-34-58-48-49(55)56-33-57-50(48)62)69-43(41)31-67-54(36-17-13-10-14-18-36,37-19-23-39(65-4)24-20-37)38-21-25-40(66-5)26-22-38/h9-28,33-34,41-44,46-47H,29-32H2,1-8H3,(H2,55,56,57)(H,59,60,63,64)/t41-,42-,43+,44+,46+,47+,73?/m0/s1. The average molecular weight is 1040 g/mol. The minimum atomic E-state index is -2.36. The zero-order chi connectivity index (χ0) is 52.2. The highest BCUT2D eigenvalue weighted by Gasteiger charge is 2.47. The molecule has 2 saturated heterocycles. The smallest absolute Gasteiger partial charge is 0.351 e. The summed E-state index contributed by atoms with van der Waals surface area (Å²) in [7, 11) is -0.670. The summed E-state index contributed by atoms with van der Waals surface area (Å²) in [6, 6.07) is 36.1. The molecule has 20 heteroatoms. The van der Waals surface area contributed by atoms with Gasteiger partial charge in [-0.2, -0.15) is 4.98 Å². The maximum atomic E-state index is 13.6. The number of nitrogens with one attached hydrogen (secondary N) is 1. The number of nitrogens with zero attached hydrogens (tertiary/aromatic N) is 6. The molecule has 18 nitrogen and oxygen atoms in total. The zero-order valence-corrected chi connectivity index (χ0v) is 44.7. The first kappa shape index (κ1) is 52.5. The molecule has 74 heavy (non-hydrogen) atoms. The number of imidazole rings is 1. The van der Waals surface area contributed by atoms with Crippen molar-refractivity contribution in [2.75, 3.05) is 45.1 Å². The van der Waals surface area contributed by atoms with E-state index in [1.54, 1.807) is 57.1 Å². The summed E-state index contributed by atoms with van der Waals surface area (Å²) < 4.78 is 55.9. The molecular formula is C54H63N8O10PSi. The molecule has 2 aliphatic rings. The molecule has 3 aromatic heterocycles. The van der Waals surface area contributed by atoms with E-state index < -0.39 is 64.9 Å². The maximum Gasteiger partial charge on any atom is 0.351 e. The van der Waals surface area contributed by atoms with Gasteiger partial charge in [-0.1, -0.05) is 93.6 Å². The number of aromatic nitrogens is 6. The Morgan fingerprint density at radius 1 is 0.770 bits per heavy atom. The third-order valence-electron chi connectivity index (χ3n) is 14.1. The Balaban J connectivity index is 0.979. The molecule has 9 rings (SSSR count). The number of hydrogen-bond acceptors (Lipinski definition) is 15. The number of nitrogens with two attached hydrogens (primary N) is 1. The van der Waals surface area contributed by atoms with Gasteiger partial charge < -0.3 is 48.2 Å². The molecule has 2 fully saturated rings. The molecule has 0 spiro atoms. The number of carbonyl (C=O) groups excluding carboxylic acids is 1. The van der Waals surface area contributed by atoms with Gasteiger partial charge in [0, 0.05) is 31.3 Å². The first-order chi connectivity index (χ1) is 35.6. The number of ether oxygens (including phenoxy) is 5. The lowest BCUT2D eigenvalue weighted by molar-refractivity contribution is -0.0908. The van der Waals surface area contributed by atoms with Crippen molar-refractivity contribution in [2.45, 2.75) is 94.2 Å². The number of carbonyl (C=O) groups is 1. The number of anilines is 2. The second-order valence-electron chi connectivity index (χ2n) is 19.7. The van der Waals surface area contributed by atoms with Crippen LogP contribution in [0.25, 0.3) is 11.2 Å². The first-order valence-corrected chi connectivity index (χ1v) is 29.0. The molecule has 4 aromatic carbocycles. The lowest BCUT2D eigenvalue weighted by atomic mass is 9.80. The third kappa shape index (κ3) is 11.2. The van der Waals surface area contributed by atoms with E-state index in [9.17, 15) is 9.59 Å². The first-order valence-electron chi connectivity index (χ1n) is 24.5. The second kappa shape index (κ2) is 22.2. The monoisotopic (exact) mass is 1040 g/mol. The van der Waals surface area contributed by atoms with Gasteiger partial charge in [0.05, 0.1) is 46.0 Å². The minimum absolute atomic E-state index is 0.0778. The number of rotatable bonds is 19. The fourth-order valence-electron chi connectivity index (χ4n) is 9.07. The van der Waals surface area contributed by atoms with Crippen LogP contribution in [0, 0.1) is 0 Å². The summed E-state index contributed by atoms with van der Waals surface area (Å²) in [6.07, 6.45) is 1.95. The molecule has 1 unspecified atom stereocenters. The van der Waals surface area contributed by atoms with E-state index in [-0.39, 0.29) is 35.8 Å². The van der Waals surface area contributed by atoms with Crippen LogP contribution in [0.2, 0.25) is 18.1 Å². The van der Waals surface area contributed by atoms with Gasteiger partial charge in [0.1, 0.15) is 59.4 Å². The van der Waals surface area contributed by atoms with Crippen LogP contribution >= 0.6 is 8.38 Å². The number of methoxy groups -OCH3 is 2. The second-order valence-corrected chi connectivity index (χ2v) is 25.9. The van der Waals surface area contributed by atoms with E-state index in [2.05, 4.69) is 59.1 Å². The highest BCUT2D eigenvalue weighted by atomic mass is 31.2. The summed E-state index contributed by atoms with van der Waals surface area (Å²) in [4.78, 5) is 43.9. The summed E-state index contributed by atoms with van der Waals surface area (Å²) in [5.74, 6) is 1.43. The number of benzene rings is 4. The van der Waals surface area contributed by atoms with E-state index >= 15 is 0 Å². The average Bonchev–Trinajstić information content (AvgIpc) is 4.14. The van der Waals surface area contributed by atoms with Crippen molar-refractivity contribution in [1.82, 2.24) is 29.1 Å². The molecule has 5 heterocycles. The summed E-state index contributed by atoms with van der Waals surface area (Å²) in [5, 5.41) is 2.61. The van der Waals surface area contributed by atoms with Crippen molar-refractivity contribution in [3.63, 3.8) is 0 Å². The number of hydrogen-bond donors (Lipinski definition) is 2. The molecule has 0 saturated carbocycles. The Morgan fingerprint density at radius 2 is 1.35 bits per heavy atom. The van der Waals surface area contributed by atoms with E-state index in [0.29, 0.717) is 41.1 Å². The van der Waals surface area contributed by atoms with Gasteiger partial charge in [0.15, 0.2) is 28.2 Å². The Labute approximate surface area is 432 Å². The van der Waals surface area contributed by atoms with Crippen LogP contribution in [0.5, 0.6) is 11.5 Å². The molecule has 0 aliphatic carbocycles. The van der Waals surface area contributed by atoms with Gasteiger partial charge >= 0.3 is 5.69 Å². The Bertz CT molecular complexity index is 3020. The van der Waals surface area contributed by atoms with Gasteiger partial charge in [-0.3, -0.25) is 13.9 Å². The van der Waals surface area contributed by atoms with E-state index in [1.165, 1.54) is 10.9 Å². The minimum Gasteiger partial charge on any atom is -0.497 e. The summed E-state index contributed by atoms with van der Waals surface area (Å²) >= 11 is 0. The molecule has 1 amide bonds. The predicted molar refractivity (Wildman–Crippen MR) is 284 cm³/mol. The Morgan fingerprint density at radius 3 is 1.96 bits per heavy atom. The van der Waals surface area contributed by atoms with E-state index in [4.69, 9.17) is 42.9 Å². The van der Waals surface area contributed by atoms with Crippen molar-refractivity contribution >= 4 is 45.4 Å². The fourth-order valence-corrected chi connectivity index (χ4v) is 11.5. The summed E-state index contributed by atoms with van der Waals surface area (Å²) in [5.41, 5.74) is 8.58.